The summed E-state index contributed by atoms with van der Waals surface area (Å²) in [6, 6.07) is 0. The van der Waals surface area contributed by atoms with Crippen LogP contribution < -0.4 is 0 Å². The third-order valence-electron chi connectivity index (χ3n) is 4.04. The van der Waals surface area contributed by atoms with Gasteiger partial charge in [0.05, 0.1) is 17.4 Å². The van der Waals surface area contributed by atoms with E-state index in [-0.39, 0.29) is 5.60 Å². The monoisotopic (exact) mass is 282 g/mol. The molecule has 0 amide bonds. The fourth-order valence-corrected chi connectivity index (χ4v) is 2.45. The van der Waals surface area contributed by atoms with E-state index in [1.54, 1.807) is 7.11 Å². The van der Waals surface area contributed by atoms with E-state index >= 15 is 0 Å². The van der Waals surface area contributed by atoms with Crippen LogP contribution in [0.15, 0.2) is 0 Å². The zero-order chi connectivity index (χ0) is 15.3. The van der Waals surface area contributed by atoms with Crippen molar-refractivity contribution in [3.05, 3.63) is 17.0 Å². The molecule has 0 aliphatic rings. The largest absolute Gasteiger partial charge is 0.388 e. The van der Waals surface area contributed by atoms with Gasteiger partial charge in [-0.3, -0.25) is 4.68 Å². The minimum absolute atomic E-state index is 0.146. The van der Waals surface area contributed by atoms with Crippen LogP contribution in [-0.2, 0) is 24.1 Å². The molecule has 1 heterocycles. The van der Waals surface area contributed by atoms with Crippen molar-refractivity contribution in [2.75, 3.05) is 7.11 Å². The van der Waals surface area contributed by atoms with E-state index in [1.165, 1.54) is 5.69 Å². The molecule has 0 aliphatic heterocycles. The standard InChI is InChI=1S/C16H30N2O2/c1-7-12-15(14(19)9-3)13(8-2)18(17-12)11-10-16(4,5)20-6/h14,19H,7-11H2,1-6H3. The number of hydrogen-bond donors (Lipinski definition) is 1. The molecule has 1 atom stereocenters. The lowest BCUT2D eigenvalue weighted by atomic mass is 10.0. The Morgan fingerprint density at radius 1 is 1.25 bits per heavy atom. The molecule has 0 aromatic carbocycles. The van der Waals surface area contributed by atoms with Gasteiger partial charge >= 0.3 is 0 Å². The van der Waals surface area contributed by atoms with Crippen LogP contribution in [0, 0.1) is 0 Å². The maximum Gasteiger partial charge on any atom is 0.0823 e. The minimum Gasteiger partial charge on any atom is -0.388 e. The first-order valence-corrected chi connectivity index (χ1v) is 7.71. The van der Waals surface area contributed by atoms with E-state index in [9.17, 15) is 5.11 Å². The third-order valence-corrected chi connectivity index (χ3v) is 4.04. The van der Waals surface area contributed by atoms with Gasteiger partial charge in [-0.25, -0.2) is 0 Å². The maximum atomic E-state index is 10.3. The molecule has 0 saturated heterocycles. The smallest absolute Gasteiger partial charge is 0.0823 e. The van der Waals surface area contributed by atoms with Gasteiger partial charge in [0.25, 0.3) is 0 Å². The zero-order valence-corrected chi connectivity index (χ0v) is 13.9. The highest BCUT2D eigenvalue weighted by molar-refractivity contribution is 5.29. The second-order valence-corrected chi connectivity index (χ2v) is 5.88. The molecular formula is C16H30N2O2. The molecule has 4 heteroatoms. The number of rotatable bonds is 8. The second kappa shape index (κ2) is 7.23. The highest BCUT2D eigenvalue weighted by Gasteiger charge is 2.22. The summed E-state index contributed by atoms with van der Waals surface area (Å²) >= 11 is 0. The van der Waals surface area contributed by atoms with Crippen LogP contribution in [0.2, 0.25) is 0 Å². The van der Waals surface area contributed by atoms with Crippen LogP contribution in [0.1, 0.15) is 70.5 Å². The van der Waals surface area contributed by atoms with Gasteiger partial charge in [-0.1, -0.05) is 20.8 Å². The highest BCUT2D eigenvalue weighted by Crippen LogP contribution is 2.27. The lowest BCUT2D eigenvalue weighted by Crippen LogP contribution is -2.25. The van der Waals surface area contributed by atoms with Gasteiger partial charge in [0, 0.05) is 24.9 Å². The predicted octanol–water partition coefficient (Wildman–Crippen LogP) is 3.27. The molecule has 0 spiro atoms. The Bertz CT molecular complexity index is 424. The molecule has 20 heavy (non-hydrogen) atoms. The molecule has 1 aromatic heterocycles. The second-order valence-electron chi connectivity index (χ2n) is 5.88. The molecule has 0 radical (unpaired) electrons. The van der Waals surface area contributed by atoms with Crippen molar-refractivity contribution in [2.24, 2.45) is 0 Å². The Balaban J connectivity index is 3.05. The number of nitrogens with zero attached hydrogens (tertiary/aromatic N) is 2. The maximum absolute atomic E-state index is 10.3. The Morgan fingerprint density at radius 2 is 1.90 bits per heavy atom. The van der Waals surface area contributed by atoms with Crippen molar-refractivity contribution in [1.82, 2.24) is 9.78 Å². The Kier molecular flexibility index (Phi) is 6.21. The quantitative estimate of drug-likeness (QED) is 0.796. The van der Waals surface area contributed by atoms with E-state index in [0.717, 1.165) is 43.5 Å². The number of aliphatic hydroxyl groups is 1. The average molecular weight is 282 g/mol. The van der Waals surface area contributed by atoms with Gasteiger partial charge in [0.2, 0.25) is 0 Å². The van der Waals surface area contributed by atoms with E-state index in [2.05, 4.69) is 32.4 Å². The summed E-state index contributed by atoms with van der Waals surface area (Å²) in [5, 5.41) is 15.0. The van der Waals surface area contributed by atoms with E-state index < -0.39 is 6.10 Å². The van der Waals surface area contributed by atoms with Crippen LogP contribution >= 0.6 is 0 Å². The number of hydrogen-bond acceptors (Lipinski definition) is 3. The number of aliphatic hydroxyl groups excluding tert-OH is 1. The fourth-order valence-electron chi connectivity index (χ4n) is 2.45. The van der Waals surface area contributed by atoms with Crippen molar-refractivity contribution >= 4 is 0 Å². The summed E-state index contributed by atoms with van der Waals surface area (Å²) in [6.45, 7) is 11.2. The first-order valence-electron chi connectivity index (χ1n) is 7.71. The summed E-state index contributed by atoms with van der Waals surface area (Å²) in [5.41, 5.74) is 3.11. The van der Waals surface area contributed by atoms with Crippen LogP contribution in [0.3, 0.4) is 0 Å². The third kappa shape index (κ3) is 3.83. The predicted molar refractivity (Wildman–Crippen MR) is 81.9 cm³/mol. The van der Waals surface area contributed by atoms with Crippen molar-refractivity contribution in [3.63, 3.8) is 0 Å². The summed E-state index contributed by atoms with van der Waals surface area (Å²) in [7, 11) is 1.74. The minimum atomic E-state index is -0.399. The van der Waals surface area contributed by atoms with E-state index in [4.69, 9.17) is 9.84 Å². The molecule has 1 aromatic rings. The van der Waals surface area contributed by atoms with Gasteiger partial charge in [0.15, 0.2) is 0 Å². The van der Waals surface area contributed by atoms with Crippen LogP contribution in [-0.4, -0.2) is 27.6 Å². The van der Waals surface area contributed by atoms with Crippen molar-refractivity contribution in [2.45, 2.75) is 78.6 Å². The molecule has 0 fully saturated rings. The Labute approximate surface area is 123 Å². The van der Waals surface area contributed by atoms with Gasteiger partial charge in [0.1, 0.15) is 0 Å². The van der Waals surface area contributed by atoms with E-state index in [0.29, 0.717) is 0 Å². The SMILES string of the molecule is CCc1nn(CCC(C)(C)OC)c(CC)c1C(O)CC. The fraction of sp³-hybridized carbons (Fsp3) is 0.812. The summed E-state index contributed by atoms with van der Waals surface area (Å²) in [6.07, 6.45) is 2.99. The molecule has 0 aliphatic carbocycles. The van der Waals surface area contributed by atoms with Gasteiger partial charge in [-0.2, -0.15) is 5.10 Å². The zero-order valence-electron chi connectivity index (χ0n) is 13.9. The van der Waals surface area contributed by atoms with Crippen LogP contribution in [0.4, 0.5) is 0 Å². The number of aryl methyl sites for hydroxylation is 2. The van der Waals surface area contributed by atoms with Crippen molar-refractivity contribution in [3.8, 4) is 0 Å². The van der Waals surface area contributed by atoms with E-state index in [1.807, 2.05) is 6.92 Å². The summed E-state index contributed by atoms with van der Waals surface area (Å²) in [5.74, 6) is 0. The molecule has 1 unspecified atom stereocenters. The van der Waals surface area contributed by atoms with Crippen molar-refractivity contribution in [1.29, 1.82) is 0 Å². The molecule has 0 bridgehead atoms. The molecule has 1 rings (SSSR count). The molecule has 0 saturated carbocycles. The Morgan fingerprint density at radius 3 is 2.35 bits per heavy atom. The Hall–Kier alpha value is -0.870. The lowest BCUT2D eigenvalue weighted by molar-refractivity contribution is 0.0111. The summed E-state index contributed by atoms with van der Waals surface area (Å²) < 4.78 is 7.54. The average Bonchev–Trinajstić information content (AvgIpc) is 2.82. The van der Waals surface area contributed by atoms with Gasteiger partial charge < -0.3 is 9.84 Å². The van der Waals surface area contributed by atoms with Crippen LogP contribution in [0.5, 0.6) is 0 Å². The van der Waals surface area contributed by atoms with Gasteiger partial charge in [-0.05, 0) is 39.5 Å². The highest BCUT2D eigenvalue weighted by atomic mass is 16.5. The number of aromatic nitrogens is 2. The van der Waals surface area contributed by atoms with Crippen molar-refractivity contribution < 1.29 is 9.84 Å². The topological polar surface area (TPSA) is 47.3 Å². The molecule has 116 valence electrons. The number of ether oxygens (including phenoxy) is 1. The normalized spacial score (nSPS) is 13.8. The molecule has 4 nitrogen and oxygen atoms in total. The number of methoxy groups -OCH3 is 1. The van der Waals surface area contributed by atoms with Gasteiger partial charge in [-0.15, -0.1) is 0 Å². The van der Waals surface area contributed by atoms with Crippen LogP contribution in [0.25, 0.3) is 0 Å². The lowest BCUT2D eigenvalue weighted by Gasteiger charge is -2.23. The molecule has 1 N–H and O–H groups in total. The first-order chi connectivity index (χ1) is 9.40. The first kappa shape index (κ1) is 17.2. The summed E-state index contributed by atoms with van der Waals surface area (Å²) in [4.78, 5) is 0. The molecular weight excluding hydrogens is 252 g/mol.